The standard InChI is InChI=1S/C32H37N5O3/c1-22-7-9-23(10-8-22)26-17-28(38)37-21-32(40)13-15-35(20-31(32)12-11-25(18-31)29(37)34-26)30(39)36-16-14-33-19-27(36)24-5-3-2-4-6-24/h2-10,17,25,27,33,40H,11-16,18-21H2,1H3/t25?,27-,31?,32+/m0/s1. The maximum atomic E-state index is 14.0. The van der Waals surface area contributed by atoms with E-state index in [1.165, 1.54) is 0 Å². The quantitative estimate of drug-likeness (QED) is 0.519. The van der Waals surface area contributed by atoms with Gasteiger partial charge in [-0.2, -0.15) is 0 Å². The molecule has 1 aliphatic carbocycles. The van der Waals surface area contributed by atoms with E-state index >= 15 is 0 Å². The first kappa shape index (κ1) is 25.5. The molecule has 3 aromatic rings. The number of piperazine rings is 1. The van der Waals surface area contributed by atoms with Gasteiger partial charge in [-0.15, -0.1) is 0 Å². The summed E-state index contributed by atoms with van der Waals surface area (Å²) in [7, 11) is 0. The largest absolute Gasteiger partial charge is 0.387 e. The maximum absolute atomic E-state index is 14.0. The molecule has 3 aliphatic heterocycles. The number of piperidine rings is 1. The van der Waals surface area contributed by atoms with Gasteiger partial charge in [-0.05, 0) is 38.2 Å². The second-order valence-corrected chi connectivity index (χ2v) is 12.3. The number of amides is 2. The number of aliphatic hydroxyl groups is 1. The van der Waals surface area contributed by atoms with Crippen molar-refractivity contribution in [2.45, 2.75) is 56.7 Å². The number of aromatic nitrogens is 2. The second kappa shape index (κ2) is 9.56. The molecule has 2 unspecified atom stereocenters. The Bertz CT molecular complexity index is 1490. The summed E-state index contributed by atoms with van der Waals surface area (Å²) in [5, 5.41) is 15.7. The zero-order chi connectivity index (χ0) is 27.5. The van der Waals surface area contributed by atoms with E-state index in [0.717, 1.165) is 54.9 Å². The average molecular weight is 540 g/mol. The average Bonchev–Trinajstić information content (AvgIpc) is 3.36. The van der Waals surface area contributed by atoms with E-state index in [0.29, 0.717) is 31.7 Å². The Labute approximate surface area is 234 Å². The number of fused-ring (bicyclic) bond motifs is 3. The molecular formula is C32H37N5O3. The molecule has 2 bridgehead atoms. The summed E-state index contributed by atoms with van der Waals surface area (Å²) in [5.41, 5.74) is 2.30. The number of likely N-dealkylation sites (tertiary alicyclic amines) is 1. The van der Waals surface area contributed by atoms with Crippen molar-refractivity contribution in [2.75, 3.05) is 32.7 Å². The van der Waals surface area contributed by atoms with Gasteiger partial charge in [-0.25, -0.2) is 9.78 Å². The highest BCUT2D eigenvalue weighted by atomic mass is 16.3. The first-order valence-corrected chi connectivity index (χ1v) is 14.6. The van der Waals surface area contributed by atoms with E-state index in [4.69, 9.17) is 4.98 Å². The van der Waals surface area contributed by atoms with Gasteiger partial charge in [0.25, 0.3) is 5.56 Å². The SMILES string of the molecule is Cc1ccc(-c2cc(=O)n3c(n2)C2CCC4(C2)CN(C(=O)N2CCNC[C@H]2c2ccccc2)CC[C@@]4(O)C3)cc1. The van der Waals surface area contributed by atoms with Crippen LogP contribution in [0.3, 0.4) is 0 Å². The van der Waals surface area contributed by atoms with Crippen molar-refractivity contribution in [3.05, 3.63) is 88.0 Å². The first-order chi connectivity index (χ1) is 19.4. The number of hydrogen-bond acceptors (Lipinski definition) is 5. The highest BCUT2D eigenvalue weighted by Crippen LogP contribution is 2.57. The smallest absolute Gasteiger partial charge is 0.320 e. The summed E-state index contributed by atoms with van der Waals surface area (Å²) in [6.45, 7) is 5.43. The third-order valence-electron chi connectivity index (χ3n) is 10.00. The van der Waals surface area contributed by atoms with Gasteiger partial charge in [0.05, 0.1) is 23.9 Å². The van der Waals surface area contributed by atoms with Crippen molar-refractivity contribution in [1.29, 1.82) is 0 Å². The fraction of sp³-hybridized carbons (Fsp3) is 0.469. The van der Waals surface area contributed by atoms with Gasteiger partial charge in [0, 0.05) is 55.7 Å². The summed E-state index contributed by atoms with van der Waals surface area (Å²) in [4.78, 5) is 36.5. The third-order valence-corrected chi connectivity index (χ3v) is 10.00. The lowest BCUT2D eigenvalue weighted by atomic mass is 9.66. The van der Waals surface area contributed by atoms with E-state index in [1.807, 2.05) is 59.2 Å². The Kier molecular flexibility index (Phi) is 6.09. The predicted octanol–water partition coefficient (Wildman–Crippen LogP) is 3.69. The fourth-order valence-electron chi connectivity index (χ4n) is 7.72. The molecule has 0 radical (unpaired) electrons. The number of aryl methyl sites for hydroxylation is 1. The lowest BCUT2D eigenvalue weighted by Crippen LogP contribution is -2.64. The van der Waals surface area contributed by atoms with Crippen LogP contribution in [0, 0.1) is 12.3 Å². The Hall–Kier alpha value is -3.49. The zero-order valence-electron chi connectivity index (χ0n) is 23.1. The monoisotopic (exact) mass is 539 g/mol. The number of hydrogen-bond donors (Lipinski definition) is 2. The molecule has 1 spiro atoms. The highest BCUT2D eigenvalue weighted by Gasteiger charge is 2.60. The van der Waals surface area contributed by atoms with Gasteiger partial charge in [0.1, 0.15) is 5.82 Å². The zero-order valence-corrected chi connectivity index (χ0v) is 23.1. The third kappa shape index (κ3) is 4.08. The topological polar surface area (TPSA) is 90.7 Å². The number of nitrogens with zero attached hydrogens (tertiary/aromatic N) is 4. The molecule has 3 fully saturated rings. The number of rotatable bonds is 2. The summed E-state index contributed by atoms with van der Waals surface area (Å²) in [6.07, 6.45) is 2.88. The van der Waals surface area contributed by atoms with Gasteiger partial charge in [0.15, 0.2) is 0 Å². The van der Waals surface area contributed by atoms with Crippen molar-refractivity contribution in [3.63, 3.8) is 0 Å². The maximum Gasteiger partial charge on any atom is 0.320 e. The molecule has 208 valence electrons. The number of carbonyl (C=O) groups is 1. The van der Waals surface area contributed by atoms with Crippen LogP contribution in [0.15, 0.2) is 65.5 Å². The van der Waals surface area contributed by atoms with Gasteiger partial charge in [0.2, 0.25) is 0 Å². The predicted molar refractivity (Wildman–Crippen MR) is 153 cm³/mol. The van der Waals surface area contributed by atoms with E-state index in [2.05, 4.69) is 17.4 Å². The van der Waals surface area contributed by atoms with Crippen molar-refractivity contribution >= 4 is 6.03 Å². The summed E-state index contributed by atoms with van der Waals surface area (Å²) in [5.74, 6) is 0.866. The van der Waals surface area contributed by atoms with Gasteiger partial charge in [-0.3, -0.25) is 9.36 Å². The number of nitrogens with one attached hydrogen (secondary N) is 1. The van der Waals surface area contributed by atoms with Crippen LogP contribution in [-0.2, 0) is 6.54 Å². The van der Waals surface area contributed by atoms with Gasteiger partial charge >= 0.3 is 6.03 Å². The van der Waals surface area contributed by atoms with Crippen molar-refractivity contribution in [2.24, 2.45) is 5.41 Å². The van der Waals surface area contributed by atoms with Crippen LogP contribution >= 0.6 is 0 Å². The van der Waals surface area contributed by atoms with Gasteiger partial charge < -0.3 is 20.2 Å². The van der Waals surface area contributed by atoms with Crippen molar-refractivity contribution in [1.82, 2.24) is 24.7 Å². The Morgan fingerprint density at radius 2 is 1.85 bits per heavy atom. The Balaban J connectivity index is 1.18. The van der Waals surface area contributed by atoms with Crippen LogP contribution in [0.2, 0.25) is 0 Å². The molecule has 8 nitrogen and oxygen atoms in total. The number of benzene rings is 2. The van der Waals surface area contributed by atoms with Gasteiger partial charge in [-0.1, -0.05) is 60.2 Å². The molecule has 4 aliphatic rings. The minimum absolute atomic E-state index is 0.0153. The van der Waals surface area contributed by atoms with Crippen LogP contribution in [-0.4, -0.2) is 68.8 Å². The van der Waals surface area contributed by atoms with Crippen LogP contribution < -0.4 is 10.9 Å². The molecule has 4 atom stereocenters. The minimum Gasteiger partial charge on any atom is -0.387 e. The molecule has 7 rings (SSSR count). The first-order valence-electron chi connectivity index (χ1n) is 14.6. The van der Waals surface area contributed by atoms with E-state index in [-0.39, 0.29) is 30.1 Å². The molecule has 2 N–H and O–H groups in total. The molecule has 2 saturated heterocycles. The normalized spacial score (nSPS) is 29.4. The molecule has 2 amide bonds. The molecule has 8 heteroatoms. The van der Waals surface area contributed by atoms with Crippen LogP contribution in [0.4, 0.5) is 4.79 Å². The van der Waals surface area contributed by atoms with Crippen LogP contribution in [0.5, 0.6) is 0 Å². The highest BCUT2D eigenvalue weighted by molar-refractivity contribution is 5.75. The second-order valence-electron chi connectivity index (χ2n) is 12.3. The van der Waals surface area contributed by atoms with E-state index in [9.17, 15) is 14.7 Å². The molecule has 1 aromatic heterocycles. The number of urea groups is 1. The summed E-state index contributed by atoms with van der Waals surface area (Å²) in [6, 6.07) is 20.0. The minimum atomic E-state index is -1.05. The summed E-state index contributed by atoms with van der Waals surface area (Å²) >= 11 is 0. The lowest BCUT2D eigenvalue weighted by molar-refractivity contribution is -0.134. The van der Waals surface area contributed by atoms with Crippen molar-refractivity contribution < 1.29 is 9.90 Å². The summed E-state index contributed by atoms with van der Waals surface area (Å²) < 4.78 is 1.72. The molecular weight excluding hydrogens is 502 g/mol. The van der Waals surface area contributed by atoms with Crippen LogP contribution in [0.25, 0.3) is 11.3 Å². The lowest BCUT2D eigenvalue weighted by Gasteiger charge is -2.53. The molecule has 1 saturated carbocycles. The van der Waals surface area contributed by atoms with E-state index in [1.54, 1.807) is 10.6 Å². The molecule has 40 heavy (non-hydrogen) atoms. The Morgan fingerprint density at radius 1 is 1.05 bits per heavy atom. The molecule has 2 aromatic carbocycles. The van der Waals surface area contributed by atoms with Crippen LogP contribution in [0.1, 0.15) is 54.6 Å². The van der Waals surface area contributed by atoms with E-state index < -0.39 is 11.0 Å². The Morgan fingerprint density at radius 3 is 2.65 bits per heavy atom. The number of carbonyl (C=O) groups excluding carboxylic acids is 1. The van der Waals surface area contributed by atoms with Crippen molar-refractivity contribution in [3.8, 4) is 11.3 Å². The molecule has 4 heterocycles. The fourth-order valence-corrected chi connectivity index (χ4v) is 7.72.